The molecule has 2 rings (SSSR count). The van der Waals surface area contributed by atoms with Gasteiger partial charge in [-0.05, 0) is 32.4 Å². The minimum Gasteiger partial charge on any atom is -0.319 e. The molecule has 1 amide bonds. The van der Waals surface area contributed by atoms with Crippen molar-refractivity contribution in [1.82, 2.24) is 9.78 Å². The lowest BCUT2D eigenvalue weighted by Gasteiger charge is -2.07. The summed E-state index contributed by atoms with van der Waals surface area (Å²) in [5, 5.41) is 6.93. The second-order valence-corrected chi connectivity index (χ2v) is 4.56. The molecule has 0 saturated heterocycles. The number of hydrogen-bond acceptors (Lipinski definition) is 2. The first-order chi connectivity index (χ1) is 8.91. The maximum Gasteiger partial charge on any atom is 0.258 e. The Morgan fingerprint density at radius 1 is 1.32 bits per heavy atom. The zero-order valence-corrected chi connectivity index (χ0v) is 11.4. The molecule has 0 fully saturated rings. The van der Waals surface area contributed by atoms with E-state index in [9.17, 15) is 9.18 Å². The zero-order chi connectivity index (χ0) is 14.2. The standard InChI is InChI=1S/C14H16FN3O/c1-8-6-5-7-11(12(8)15)14(19)16-13-9(2)17-18(4)10(13)3/h5-7H,1-4H3,(H,16,19). The first-order valence-electron chi connectivity index (χ1n) is 5.98. The molecule has 0 spiro atoms. The summed E-state index contributed by atoms with van der Waals surface area (Å²) in [4.78, 5) is 12.1. The summed E-state index contributed by atoms with van der Waals surface area (Å²) in [5.74, 6) is -0.945. The van der Waals surface area contributed by atoms with E-state index in [-0.39, 0.29) is 5.56 Å². The molecule has 1 N–H and O–H groups in total. The smallest absolute Gasteiger partial charge is 0.258 e. The van der Waals surface area contributed by atoms with Crippen LogP contribution in [0.1, 0.15) is 27.3 Å². The summed E-state index contributed by atoms with van der Waals surface area (Å²) in [6.07, 6.45) is 0. The number of aryl methyl sites for hydroxylation is 3. The summed E-state index contributed by atoms with van der Waals surface area (Å²) < 4.78 is 15.6. The van der Waals surface area contributed by atoms with Crippen molar-refractivity contribution in [1.29, 1.82) is 0 Å². The number of amides is 1. The van der Waals surface area contributed by atoms with Gasteiger partial charge in [0.2, 0.25) is 0 Å². The van der Waals surface area contributed by atoms with E-state index in [1.54, 1.807) is 37.7 Å². The van der Waals surface area contributed by atoms with Crippen LogP contribution in [0.2, 0.25) is 0 Å². The van der Waals surface area contributed by atoms with Gasteiger partial charge in [0, 0.05) is 7.05 Å². The Hall–Kier alpha value is -2.17. The van der Waals surface area contributed by atoms with E-state index < -0.39 is 11.7 Å². The third kappa shape index (κ3) is 2.36. The van der Waals surface area contributed by atoms with Gasteiger partial charge in [0.25, 0.3) is 5.91 Å². The van der Waals surface area contributed by atoms with Gasteiger partial charge < -0.3 is 5.32 Å². The normalized spacial score (nSPS) is 10.6. The number of carbonyl (C=O) groups is 1. The van der Waals surface area contributed by atoms with Gasteiger partial charge in [-0.3, -0.25) is 9.48 Å². The highest BCUT2D eigenvalue weighted by atomic mass is 19.1. The van der Waals surface area contributed by atoms with Gasteiger partial charge in [0.05, 0.1) is 22.6 Å². The number of nitrogens with one attached hydrogen (secondary N) is 1. The van der Waals surface area contributed by atoms with E-state index in [1.807, 2.05) is 6.92 Å². The molecule has 2 aromatic rings. The number of hydrogen-bond donors (Lipinski definition) is 1. The lowest BCUT2D eigenvalue weighted by atomic mass is 10.1. The number of anilines is 1. The lowest BCUT2D eigenvalue weighted by Crippen LogP contribution is -2.15. The molecule has 0 bridgehead atoms. The Balaban J connectivity index is 2.34. The molecule has 0 aliphatic heterocycles. The fourth-order valence-electron chi connectivity index (χ4n) is 1.96. The van der Waals surface area contributed by atoms with Crippen molar-refractivity contribution in [3.63, 3.8) is 0 Å². The predicted octanol–water partition coefficient (Wildman–Crippen LogP) is 2.74. The fourth-order valence-corrected chi connectivity index (χ4v) is 1.96. The third-order valence-electron chi connectivity index (χ3n) is 3.18. The first-order valence-corrected chi connectivity index (χ1v) is 5.98. The number of rotatable bonds is 2. The topological polar surface area (TPSA) is 46.9 Å². The molecular formula is C14H16FN3O. The van der Waals surface area contributed by atoms with Crippen LogP contribution < -0.4 is 5.32 Å². The molecule has 0 saturated carbocycles. The highest BCUT2D eigenvalue weighted by Crippen LogP contribution is 2.20. The summed E-state index contributed by atoms with van der Waals surface area (Å²) in [6, 6.07) is 4.77. The molecule has 4 nitrogen and oxygen atoms in total. The Bertz CT molecular complexity index is 646. The Morgan fingerprint density at radius 3 is 2.58 bits per heavy atom. The van der Waals surface area contributed by atoms with Crippen LogP contribution in [-0.4, -0.2) is 15.7 Å². The van der Waals surface area contributed by atoms with Crippen LogP contribution in [0.3, 0.4) is 0 Å². The van der Waals surface area contributed by atoms with Crippen LogP contribution in [0.15, 0.2) is 18.2 Å². The molecule has 1 aromatic heterocycles. The monoisotopic (exact) mass is 261 g/mol. The molecule has 5 heteroatoms. The quantitative estimate of drug-likeness (QED) is 0.903. The van der Waals surface area contributed by atoms with E-state index in [0.717, 1.165) is 5.69 Å². The number of aromatic nitrogens is 2. The van der Waals surface area contributed by atoms with Crippen LogP contribution >= 0.6 is 0 Å². The molecule has 0 radical (unpaired) electrons. The molecule has 0 aliphatic rings. The molecule has 0 aliphatic carbocycles. The largest absolute Gasteiger partial charge is 0.319 e. The number of carbonyl (C=O) groups excluding carboxylic acids is 1. The number of halogens is 1. The van der Waals surface area contributed by atoms with E-state index in [2.05, 4.69) is 10.4 Å². The van der Waals surface area contributed by atoms with Gasteiger partial charge in [0.15, 0.2) is 0 Å². The van der Waals surface area contributed by atoms with Crippen LogP contribution in [0.4, 0.5) is 10.1 Å². The summed E-state index contributed by atoms with van der Waals surface area (Å²) in [6.45, 7) is 5.28. The molecule has 100 valence electrons. The van der Waals surface area contributed by atoms with Crippen molar-refractivity contribution >= 4 is 11.6 Å². The van der Waals surface area contributed by atoms with Crippen molar-refractivity contribution in [2.45, 2.75) is 20.8 Å². The molecular weight excluding hydrogens is 245 g/mol. The highest BCUT2D eigenvalue weighted by Gasteiger charge is 2.17. The average molecular weight is 261 g/mol. The predicted molar refractivity (Wildman–Crippen MR) is 71.8 cm³/mol. The highest BCUT2D eigenvalue weighted by molar-refractivity contribution is 6.05. The van der Waals surface area contributed by atoms with Crippen LogP contribution in [0, 0.1) is 26.6 Å². The molecule has 0 unspecified atom stereocenters. The van der Waals surface area contributed by atoms with Crippen molar-refractivity contribution in [2.24, 2.45) is 7.05 Å². The second kappa shape index (κ2) is 4.84. The fraction of sp³-hybridized carbons (Fsp3) is 0.286. The van der Waals surface area contributed by atoms with Gasteiger partial charge in [-0.15, -0.1) is 0 Å². The Morgan fingerprint density at radius 2 is 2.00 bits per heavy atom. The van der Waals surface area contributed by atoms with E-state index in [4.69, 9.17) is 0 Å². The van der Waals surface area contributed by atoms with Crippen molar-refractivity contribution in [3.8, 4) is 0 Å². The van der Waals surface area contributed by atoms with Gasteiger partial charge in [-0.1, -0.05) is 12.1 Å². The minimum absolute atomic E-state index is 0.0441. The van der Waals surface area contributed by atoms with Crippen molar-refractivity contribution in [2.75, 3.05) is 5.32 Å². The molecule has 1 aromatic carbocycles. The van der Waals surface area contributed by atoms with Crippen LogP contribution in [0.5, 0.6) is 0 Å². The van der Waals surface area contributed by atoms with Gasteiger partial charge in [-0.2, -0.15) is 5.10 Å². The van der Waals surface area contributed by atoms with Crippen LogP contribution in [0.25, 0.3) is 0 Å². The third-order valence-corrected chi connectivity index (χ3v) is 3.18. The summed E-state index contributed by atoms with van der Waals surface area (Å²) in [7, 11) is 1.80. The number of nitrogens with zero attached hydrogens (tertiary/aromatic N) is 2. The summed E-state index contributed by atoms with van der Waals surface area (Å²) >= 11 is 0. The lowest BCUT2D eigenvalue weighted by molar-refractivity contribution is 0.102. The Labute approximate surface area is 111 Å². The minimum atomic E-state index is -0.487. The van der Waals surface area contributed by atoms with E-state index in [0.29, 0.717) is 16.9 Å². The Kier molecular flexibility index (Phi) is 3.38. The summed E-state index contributed by atoms with van der Waals surface area (Å²) in [5.41, 5.74) is 2.67. The van der Waals surface area contributed by atoms with E-state index >= 15 is 0 Å². The molecule has 0 atom stereocenters. The maximum absolute atomic E-state index is 13.9. The first kappa shape index (κ1) is 13.3. The second-order valence-electron chi connectivity index (χ2n) is 4.56. The maximum atomic E-state index is 13.9. The van der Waals surface area contributed by atoms with Gasteiger partial charge in [0.1, 0.15) is 5.82 Å². The van der Waals surface area contributed by atoms with Gasteiger partial charge in [-0.25, -0.2) is 4.39 Å². The molecule has 19 heavy (non-hydrogen) atoms. The van der Waals surface area contributed by atoms with Gasteiger partial charge >= 0.3 is 0 Å². The van der Waals surface area contributed by atoms with Crippen molar-refractivity contribution in [3.05, 3.63) is 46.5 Å². The number of benzene rings is 1. The zero-order valence-electron chi connectivity index (χ0n) is 11.4. The average Bonchev–Trinajstić information content (AvgIpc) is 2.59. The van der Waals surface area contributed by atoms with Crippen molar-refractivity contribution < 1.29 is 9.18 Å². The van der Waals surface area contributed by atoms with E-state index in [1.165, 1.54) is 6.07 Å². The van der Waals surface area contributed by atoms with Crippen LogP contribution in [-0.2, 0) is 7.05 Å². The molecule has 1 heterocycles. The SMILES string of the molecule is Cc1cccc(C(=O)Nc2c(C)nn(C)c2C)c1F.